The lowest BCUT2D eigenvalue weighted by Crippen LogP contribution is -2.48. The number of carbonyl (C=O) groups excluding carboxylic acids is 1. The van der Waals surface area contributed by atoms with Crippen molar-refractivity contribution in [2.75, 3.05) is 13.2 Å². The van der Waals surface area contributed by atoms with Crippen LogP contribution < -0.4 is 30.8 Å². The number of hydrogen-bond donors (Lipinski definition) is 2. The van der Waals surface area contributed by atoms with Crippen LogP contribution in [0.1, 0.15) is 34.3 Å². The number of primary amides is 1. The molecule has 4 heterocycles. The van der Waals surface area contributed by atoms with Crippen LogP contribution >= 0.6 is 11.6 Å². The normalized spacial score (nSPS) is 19.8. The Bertz CT molecular complexity index is 1900. The molecule has 4 aromatic rings. The van der Waals surface area contributed by atoms with E-state index in [9.17, 15) is 14.0 Å². The molecule has 0 spiro atoms. The van der Waals surface area contributed by atoms with E-state index in [1.165, 1.54) is 0 Å². The molecule has 2 atom stereocenters. The second-order valence-corrected chi connectivity index (χ2v) is 11.2. The van der Waals surface area contributed by atoms with Gasteiger partial charge in [0.15, 0.2) is 17.2 Å². The van der Waals surface area contributed by atoms with Crippen molar-refractivity contribution < 1.29 is 32.2 Å². The third-order valence-corrected chi connectivity index (χ3v) is 8.68. The van der Waals surface area contributed by atoms with Gasteiger partial charge >= 0.3 is 5.56 Å². The summed E-state index contributed by atoms with van der Waals surface area (Å²) in [6, 6.07) is 11.5. The Kier molecular flexibility index (Phi) is 6.78. The number of amides is 1. The summed E-state index contributed by atoms with van der Waals surface area (Å²) in [4.78, 5) is 29.6. The molecule has 1 fully saturated rings. The number of benzene rings is 3. The van der Waals surface area contributed by atoms with Gasteiger partial charge in [0.1, 0.15) is 24.6 Å². The molecule has 9 nitrogen and oxygen atoms in total. The molecule has 0 aliphatic carbocycles. The van der Waals surface area contributed by atoms with Crippen LogP contribution in [0.2, 0.25) is 5.02 Å². The summed E-state index contributed by atoms with van der Waals surface area (Å²) in [5.41, 5.74) is 4.15. The Morgan fingerprint density at radius 3 is 2.64 bits per heavy atom. The summed E-state index contributed by atoms with van der Waals surface area (Å²) in [5.74, 6) is -4.67. The third kappa shape index (κ3) is 4.23. The molecule has 44 heavy (non-hydrogen) atoms. The molecule has 0 radical (unpaired) electrons. The molecule has 0 bridgehead atoms. The Morgan fingerprint density at radius 1 is 1.14 bits per heavy atom. The number of nitrogens with two attached hydrogens (primary N) is 1. The van der Waals surface area contributed by atoms with Gasteiger partial charge in [0.25, 0.3) is 11.6 Å². The molecule has 1 amide bonds. The maximum atomic E-state index is 16.7. The zero-order valence-corrected chi connectivity index (χ0v) is 23.7. The molecule has 3 aliphatic heterocycles. The largest absolute Gasteiger partial charge is 0.480 e. The highest BCUT2D eigenvalue weighted by Crippen LogP contribution is 2.54. The van der Waals surface area contributed by atoms with Crippen LogP contribution in [-0.2, 0) is 18.6 Å². The first-order chi connectivity index (χ1) is 21.2. The number of rotatable bonds is 6. The Morgan fingerprint density at radius 2 is 1.93 bits per heavy atom. The highest BCUT2D eigenvalue weighted by molar-refractivity contribution is 6.34. The Hall–Kier alpha value is -4.55. The minimum absolute atomic E-state index is 0.132. The van der Waals surface area contributed by atoms with E-state index in [1.54, 1.807) is 0 Å². The number of aromatic nitrogens is 2. The molecule has 226 valence electrons. The van der Waals surface area contributed by atoms with E-state index < -0.39 is 57.5 Å². The molecule has 3 N–H and O–H groups in total. The summed E-state index contributed by atoms with van der Waals surface area (Å²) < 4.78 is 64.0. The average molecular weight is 625 g/mol. The minimum atomic E-state index is -1.17. The lowest BCUT2D eigenvalue weighted by molar-refractivity contribution is 0.0539. The van der Waals surface area contributed by atoms with Gasteiger partial charge < -0.3 is 25.3 Å². The molecule has 0 unspecified atom stereocenters. The number of nitrogens with one attached hydrogen (secondary N) is 1. The summed E-state index contributed by atoms with van der Waals surface area (Å²) in [6.07, 6.45) is 2.88. The number of hydrogen-bond acceptors (Lipinski definition) is 7. The first-order valence-corrected chi connectivity index (χ1v) is 14.3. The zero-order valence-electron chi connectivity index (χ0n) is 23.0. The number of aryl methyl sites for hydroxylation is 1. The number of fused-ring (bicyclic) bond motifs is 3. The van der Waals surface area contributed by atoms with Gasteiger partial charge in [0.05, 0.1) is 23.2 Å². The first kappa shape index (κ1) is 28.2. The molecule has 0 saturated carbocycles. The zero-order chi connectivity index (χ0) is 30.7. The average Bonchev–Trinajstić information content (AvgIpc) is 3.69. The van der Waals surface area contributed by atoms with Crippen LogP contribution in [0, 0.1) is 11.6 Å². The lowest BCUT2D eigenvalue weighted by atomic mass is 9.80. The van der Waals surface area contributed by atoms with Gasteiger partial charge in [-0.1, -0.05) is 41.9 Å². The topological polar surface area (TPSA) is 118 Å². The maximum Gasteiger partial charge on any atom is 0.300 e. The smallest absolute Gasteiger partial charge is 0.300 e. The van der Waals surface area contributed by atoms with Gasteiger partial charge in [0, 0.05) is 29.2 Å². The minimum Gasteiger partial charge on any atom is -0.480 e. The van der Waals surface area contributed by atoms with Gasteiger partial charge in [-0.3, -0.25) is 14.2 Å². The Labute approximate surface area is 253 Å². The predicted octanol–water partition coefficient (Wildman–Crippen LogP) is 5.39. The first-order valence-electron chi connectivity index (χ1n) is 13.9. The second kappa shape index (κ2) is 10.6. The summed E-state index contributed by atoms with van der Waals surface area (Å²) >= 11 is 6.57. The fourth-order valence-corrected chi connectivity index (χ4v) is 6.58. The van der Waals surface area contributed by atoms with Crippen molar-refractivity contribution in [2.24, 2.45) is 5.73 Å². The van der Waals surface area contributed by atoms with Crippen molar-refractivity contribution in [3.8, 4) is 40.0 Å². The lowest BCUT2D eigenvalue weighted by Gasteiger charge is -2.35. The van der Waals surface area contributed by atoms with Crippen molar-refractivity contribution >= 4 is 17.5 Å². The van der Waals surface area contributed by atoms with Gasteiger partial charge in [-0.25, -0.2) is 13.2 Å². The van der Waals surface area contributed by atoms with Gasteiger partial charge in [0.2, 0.25) is 11.7 Å². The maximum absolute atomic E-state index is 16.7. The van der Waals surface area contributed by atoms with Crippen molar-refractivity contribution in [1.82, 2.24) is 14.9 Å². The molecule has 7 rings (SSSR count). The van der Waals surface area contributed by atoms with Crippen LogP contribution in [0.5, 0.6) is 28.9 Å². The van der Waals surface area contributed by atoms with E-state index in [1.807, 2.05) is 30.3 Å². The fraction of sp³-hybridized carbons (Fsp3) is 0.258. The van der Waals surface area contributed by atoms with Crippen molar-refractivity contribution in [1.29, 1.82) is 0 Å². The van der Waals surface area contributed by atoms with Gasteiger partial charge in [-0.05, 0) is 31.0 Å². The molecular weight excluding hydrogens is 601 g/mol. The molecular formula is C31H24ClF3N4O5. The standard InChI is InChI=1S/C31H24ClF3N4O5/c32-24-18(34)12-19-17(13-31(44-19,21-7-4-9-37-21)15-5-2-1-3-6-15)22(24)23-16(28(36)40)11-20-26(25(23)35)43-27-29(42-20)38-14-39(10-8-33)30(27)41/h1-3,5-6,11-12,14,21,37H,4,7-10,13H2,(H2,36,40)/t21-,31-/m0/s1. The van der Waals surface area contributed by atoms with E-state index >= 15 is 8.78 Å². The molecule has 3 aliphatic rings. The molecule has 1 aromatic heterocycles. The molecule has 1 saturated heterocycles. The second-order valence-electron chi connectivity index (χ2n) is 10.8. The summed E-state index contributed by atoms with van der Waals surface area (Å²) in [5, 5.41) is 3.02. The highest BCUT2D eigenvalue weighted by atomic mass is 35.5. The third-order valence-electron chi connectivity index (χ3n) is 8.31. The Balaban J connectivity index is 1.43. The van der Waals surface area contributed by atoms with Crippen molar-refractivity contribution in [3.05, 3.63) is 92.5 Å². The molecule has 13 heteroatoms. The number of alkyl halides is 1. The van der Waals surface area contributed by atoms with E-state index in [4.69, 9.17) is 31.5 Å². The van der Waals surface area contributed by atoms with Crippen LogP contribution in [0.3, 0.4) is 0 Å². The van der Waals surface area contributed by atoms with E-state index in [2.05, 4.69) is 10.3 Å². The summed E-state index contributed by atoms with van der Waals surface area (Å²) in [6.45, 7) is -0.412. The SMILES string of the molecule is NC(=O)c1cc2c(c(F)c1-c1c(Cl)c(F)cc3c1C[C@](c1ccccc1)([C@@H]1CCCN1)O3)Oc1c(ncn(CCF)c1=O)O2. The van der Waals surface area contributed by atoms with E-state index in [0.717, 1.165) is 48.0 Å². The predicted molar refractivity (Wildman–Crippen MR) is 153 cm³/mol. The molecule has 3 aromatic carbocycles. The van der Waals surface area contributed by atoms with Crippen molar-refractivity contribution in [3.63, 3.8) is 0 Å². The number of carbonyl (C=O) groups is 1. The van der Waals surface area contributed by atoms with Crippen LogP contribution in [0.25, 0.3) is 11.1 Å². The van der Waals surface area contributed by atoms with Crippen LogP contribution in [0.4, 0.5) is 13.2 Å². The summed E-state index contributed by atoms with van der Waals surface area (Å²) in [7, 11) is 0. The van der Waals surface area contributed by atoms with E-state index in [0.29, 0.717) is 5.56 Å². The van der Waals surface area contributed by atoms with Gasteiger partial charge in [-0.2, -0.15) is 4.98 Å². The van der Waals surface area contributed by atoms with Crippen molar-refractivity contribution in [2.45, 2.75) is 37.5 Å². The number of halogens is 4. The fourth-order valence-electron chi connectivity index (χ4n) is 6.31. The quantitative estimate of drug-likeness (QED) is 0.260. The van der Waals surface area contributed by atoms with E-state index in [-0.39, 0.29) is 47.5 Å². The van der Waals surface area contributed by atoms with Crippen LogP contribution in [0.15, 0.2) is 53.6 Å². The van der Waals surface area contributed by atoms with Crippen LogP contribution in [-0.4, -0.2) is 34.7 Å². The number of nitrogens with zero attached hydrogens (tertiary/aromatic N) is 2. The highest BCUT2D eigenvalue weighted by Gasteiger charge is 2.50. The van der Waals surface area contributed by atoms with Gasteiger partial charge in [-0.15, -0.1) is 0 Å². The number of ether oxygens (including phenoxy) is 3. The monoisotopic (exact) mass is 624 g/mol.